The van der Waals surface area contributed by atoms with Crippen molar-refractivity contribution < 1.29 is 0 Å². The fourth-order valence-corrected chi connectivity index (χ4v) is 6.25. The van der Waals surface area contributed by atoms with Crippen LogP contribution in [0.3, 0.4) is 0 Å². The van der Waals surface area contributed by atoms with Crippen molar-refractivity contribution in [3.8, 4) is 0 Å². The molecule has 0 aliphatic rings. The lowest BCUT2D eigenvalue weighted by atomic mass is 10.00. The number of hydrogen-bond acceptors (Lipinski definition) is 2. The van der Waals surface area contributed by atoms with E-state index in [0.29, 0.717) is 0 Å². The molecule has 0 fully saturated rings. The summed E-state index contributed by atoms with van der Waals surface area (Å²) in [6, 6.07) is 18.8. The quantitative estimate of drug-likeness (QED) is 0.188. The molecule has 0 aliphatic carbocycles. The molecule has 0 aliphatic heterocycles. The van der Waals surface area contributed by atoms with Crippen molar-refractivity contribution in [2.75, 3.05) is 0 Å². The molecule has 5 aromatic rings. The molecule has 0 atom stereocenters. The first-order valence-corrected chi connectivity index (χ1v) is 12.3. The number of aryl methyl sites for hydroxylation is 1. The summed E-state index contributed by atoms with van der Waals surface area (Å²) in [5.74, 6) is 0. The molecule has 0 radical (unpaired) electrons. The Morgan fingerprint density at radius 3 is 2.18 bits per heavy atom. The average Bonchev–Trinajstić information content (AvgIpc) is 3.32. The smallest absolute Gasteiger partial charge is 0.0352 e. The highest BCUT2D eigenvalue weighted by molar-refractivity contribution is 7.19. The zero-order chi connectivity index (χ0) is 18.9. The lowest BCUT2D eigenvalue weighted by Crippen LogP contribution is -1.82. The van der Waals surface area contributed by atoms with E-state index >= 15 is 0 Å². The maximum Gasteiger partial charge on any atom is 0.0352 e. The van der Waals surface area contributed by atoms with E-state index < -0.39 is 0 Å². The van der Waals surface area contributed by atoms with Crippen molar-refractivity contribution in [2.45, 2.75) is 51.9 Å². The molecular formula is C26H26S2. The van der Waals surface area contributed by atoms with Crippen LogP contribution < -0.4 is 0 Å². The molecule has 2 aromatic heterocycles. The summed E-state index contributed by atoms with van der Waals surface area (Å²) in [5.41, 5.74) is 0. The van der Waals surface area contributed by atoms with E-state index in [1.165, 1.54) is 86.7 Å². The van der Waals surface area contributed by atoms with Crippen LogP contribution in [0.4, 0.5) is 0 Å². The van der Waals surface area contributed by atoms with Crippen LogP contribution in [0.15, 0.2) is 53.9 Å². The molecule has 0 saturated carbocycles. The number of unbranched alkanes of at least 4 members (excludes halogenated alkanes) is 5. The van der Waals surface area contributed by atoms with Crippen LogP contribution in [0.1, 0.15) is 50.3 Å². The van der Waals surface area contributed by atoms with Crippen molar-refractivity contribution >= 4 is 64.4 Å². The van der Waals surface area contributed by atoms with Crippen molar-refractivity contribution in [2.24, 2.45) is 0 Å². The topological polar surface area (TPSA) is 0 Å². The van der Waals surface area contributed by atoms with Crippen LogP contribution in [-0.2, 0) is 6.42 Å². The van der Waals surface area contributed by atoms with Gasteiger partial charge in [-0.2, -0.15) is 0 Å². The van der Waals surface area contributed by atoms with Gasteiger partial charge in [0.2, 0.25) is 0 Å². The molecule has 0 amide bonds. The predicted molar refractivity (Wildman–Crippen MR) is 129 cm³/mol. The van der Waals surface area contributed by atoms with Crippen molar-refractivity contribution in [3.05, 3.63) is 58.8 Å². The Bertz CT molecular complexity index is 1260. The van der Waals surface area contributed by atoms with Gasteiger partial charge in [0.15, 0.2) is 0 Å². The molecule has 0 N–H and O–H groups in total. The lowest BCUT2D eigenvalue weighted by Gasteiger charge is -2.05. The van der Waals surface area contributed by atoms with E-state index in [0.717, 1.165) is 0 Å². The molecule has 2 heteroatoms. The van der Waals surface area contributed by atoms with Gasteiger partial charge < -0.3 is 0 Å². The Labute approximate surface area is 174 Å². The van der Waals surface area contributed by atoms with E-state index in [9.17, 15) is 0 Å². The van der Waals surface area contributed by atoms with Crippen LogP contribution in [0, 0.1) is 0 Å². The molecule has 142 valence electrons. The van der Waals surface area contributed by atoms with Crippen LogP contribution in [0.5, 0.6) is 0 Å². The van der Waals surface area contributed by atoms with Gasteiger partial charge in [-0.15, -0.1) is 22.7 Å². The zero-order valence-corrected chi connectivity index (χ0v) is 18.1. The Morgan fingerprint density at radius 1 is 0.643 bits per heavy atom. The summed E-state index contributed by atoms with van der Waals surface area (Å²) in [7, 11) is 0. The third-order valence-corrected chi connectivity index (χ3v) is 7.91. The summed E-state index contributed by atoms with van der Waals surface area (Å²) >= 11 is 3.83. The third-order valence-electron chi connectivity index (χ3n) is 5.87. The van der Waals surface area contributed by atoms with Gasteiger partial charge in [-0.25, -0.2) is 0 Å². The number of hydrogen-bond donors (Lipinski definition) is 0. The highest BCUT2D eigenvalue weighted by Gasteiger charge is 2.08. The first kappa shape index (κ1) is 18.1. The van der Waals surface area contributed by atoms with Crippen molar-refractivity contribution in [1.29, 1.82) is 0 Å². The minimum atomic E-state index is 1.23. The minimum Gasteiger partial charge on any atom is -0.144 e. The van der Waals surface area contributed by atoms with Crippen LogP contribution >= 0.6 is 22.7 Å². The summed E-state index contributed by atoms with van der Waals surface area (Å²) in [6.07, 6.45) is 9.45. The molecule has 0 spiro atoms. The minimum absolute atomic E-state index is 1.23. The summed E-state index contributed by atoms with van der Waals surface area (Å²) < 4.78 is 2.82. The number of benzene rings is 3. The Kier molecular flexibility index (Phi) is 5.09. The highest BCUT2D eigenvalue weighted by atomic mass is 32.1. The van der Waals surface area contributed by atoms with E-state index in [1.54, 1.807) is 4.88 Å². The molecule has 28 heavy (non-hydrogen) atoms. The maximum atomic E-state index is 2.43. The number of thiophene rings is 2. The molecule has 0 bridgehead atoms. The second kappa shape index (κ2) is 7.85. The Hall–Kier alpha value is -1.90. The maximum absolute atomic E-state index is 2.43. The first-order chi connectivity index (χ1) is 13.8. The van der Waals surface area contributed by atoms with Gasteiger partial charge in [0.25, 0.3) is 0 Å². The highest BCUT2D eigenvalue weighted by Crippen LogP contribution is 2.36. The van der Waals surface area contributed by atoms with Crippen LogP contribution in [0.2, 0.25) is 0 Å². The lowest BCUT2D eigenvalue weighted by molar-refractivity contribution is 0.609. The zero-order valence-electron chi connectivity index (χ0n) is 16.5. The predicted octanol–water partition coefficient (Wildman–Crippen LogP) is 9.33. The van der Waals surface area contributed by atoms with Gasteiger partial charge in [0.05, 0.1) is 0 Å². The van der Waals surface area contributed by atoms with Gasteiger partial charge in [-0.05, 0) is 86.9 Å². The number of rotatable bonds is 7. The molecule has 0 nitrogen and oxygen atoms in total. The third kappa shape index (κ3) is 3.44. The largest absolute Gasteiger partial charge is 0.144 e. The first-order valence-electron chi connectivity index (χ1n) is 10.6. The second-order valence-corrected chi connectivity index (χ2v) is 10.1. The SMILES string of the molecule is CCCCCCCCc1cc2cc3ccc4cc5ccsc5cc4c3cc2s1. The van der Waals surface area contributed by atoms with E-state index in [1.807, 2.05) is 22.7 Å². The fraction of sp³-hybridized carbons (Fsp3) is 0.308. The Morgan fingerprint density at radius 2 is 1.36 bits per heavy atom. The van der Waals surface area contributed by atoms with Gasteiger partial charge in [-0.3, -0.25) is 0 Å². The standard InChI is InChI=1S/C26H26S2/c1-2-3-4-5-6-7-8-22-15-21-14-19-10-9-18-13-20-11-12-27-25(20)16-23(18)24(19)17-26(21)28-22/h9-17H,2-8H2,1H3. The Balaban J connectivity index is 1.47. The van der Waals surface area contributed by atoms with Crippen LogP contribution in [0.25, 0.3) is 41.7 Å². The second-order valence-electron chi connectivity index (χ2n) is 7.94. The molecule has 0 saturated heterocycles. The molecular weight excluding hydrogens is 376 g/mol. The molecule has 3 aromatic carbocycles. The van der Waals surface area contributed by atoms with Crippen molar-refractivity contribution in [1.82, 2.24) is 0 Å². The summed E-state index contributed by atoms with van der Waals surface area (Å²) in [6.45, 7) is 2.29. The average molecular weight is 403 g/mol. The number of fused-ring (bicyclic) bond motifs is 5. The normalized spacial score (nSPS) is 12.0. The van der Waals surface area contributed by atoms with Gasteiger partial charge >= 0.3 is 0 Å². The van der Waals surface area contributed by atoms with E-state index in [-0.39, 0.29) is 0 Å². The summed E-state index contributed by atoms with van der Waals surface area (Å²) in [5, 5.41) is 10.5. The summed E-state index contributed by atoms with van der Waals surface area (Å²) in [4.78, 5) is 1.55. The molecule has 2 heterocycles. The monoisotopic (exact) mass is 402 g/mol. The van der Waals surface area contributed by atoms with Crippen molar-refractivity contribution in [3.63, 3.8) is 0 Å². The van der Waals surface area contributed by atoms with E-state index in [4.69, 9.17) is 0 Å². The van der Waals surface area contributed by atoms with Gasteiger partial charge in [0, 0.05) is 14.3 Å². The van der Waals surface area contributed by atoms with Gasteiger partial charge in [-0.1, -0.05) is 51.2 Å². The van der Waals surface area contributed by atoms with E-state index in [2.05, 4.69) is 60.8 Å². The van der Waals surface area contributed by atoms with Crippen LogP contribution in [-0.4, -0.2) is 0 Å². The molecule has 0 unspecified atom stereocenters. The molecule has 5 rings (SSSR count). The van der Waals surface area contributed by atoms with Gasteiger partial charge in [0.1, 0.15) is 0 Å². The fourth-order valence-electron chi connectivity index (χ4n) is 4.31.